The number of imide groups is 1. The Bertz CT molecular complexity index is 761. The first kappa shape index (κ1) is 15.5. The molecular formula is C17H14ClFN2O2. The number of amides is 3. The number of nitrogens with zero attached hydrogens (tertiary/aromatic N) is 1. The zero-order valence-electron chi connectivity index (χ0n) is 12.3. The summed E-state index contributed by atoms with van der Waals surface area (Å²) in [5.41, 5.74) is 0.133. The third-order valence-electron chi connectivity index (χ3n) is 3.95. The molecule has 0 spiro atoms. The highest BCUT2D eigenvalue weighted by molar-refractivity contribution is 6.30. The summed E-state index contributed by atoms with van der Waals surface area (Å²) in [6.07, 6.45) is 0. The van der Waals surface area contributed by atoms with E-state index in [2.05, 4.69) is 5.32 Å². The number of hydrogen-bond donors (Lipinski definition) is 1. The fourth-order valence-corrected chi connectivity index (χ4v) is 2.72. The highest BCUT2D eigenvalue weighted by Crippen LogP contribution is 2.30. The van der Waals surface area contributed by atoms with Crippen LogP contribution in [0, 0.1) is 5.82 Å². The molecule has 0 aliphatic carbocycles. The monoisotopic (exact) mass is 332 g/mol. The maximum atomic E-state index is 13.1. The van der Waals surface area contributed by atoms with Crippen LogP contribution in [0.25, 0.3) is 0 Å². The zero-order chi connectivity index (χ0) is 16.6. The van der Waals surface area contributed by atoms with Crippen LogP contribution < -0.4 is 5.32 Å². The number of nitrogens with one attached hydrogen (secondary N) is 1. The summed E-state index contributed by atoms with van der Waals surface area (Å²) < 4.78 is 13.1. The van der Waals surface area contributed by atoms with Crippen molar-refractivity contribution in [3.63, 3.8) is 0 Å². The summed E-state index contributed by atoms with van der Waals surface area (Å²) in [4.78, 5) is 26.1. The van der Waals surface area contributed by atoms with Gasteiger partial charge in [0.1, 0.15) is 11.4 Å². The molecule has 1 fully saturated rings. The first-order valence-corrected chi connectivity index (χ1v) is 7.42. The van der Waals surface area contributed by atoms with Gasteiger partial charge in [0.05, 0.1) is 6.54 Å². The van der Waals surface area contributed by atoms with E-state index in [0.717, 1.165) is 10.5 Å². The van der Waals surface area contributed by atoms with Gasteiger partial charge >= 0.3 is 6.03 Å². The molecule has 1 heterocycles. The molecule has 118 valence electrons. The molecule has 3 rings (SSSR count). The summed E-state index contributed by atoms with van der Waals surface area (Å²) in [6.45, 7) is 1.76. The van der Waals surface area contributed by atoms with Gasteiger partial charge in [-0.15, -0.1) is 0 Å². The predicted octanol–water partition coefficient (Wildman–Crippen LogP) is 3.45. The van der Waals surface area contributed by atoms with Crippen LogP contribution in [0.3, 0.4) is 0 Å². The van der Waals surface area contributed by atoms with Crippen molar-refractivity contribution in [2.45, 2.75) is 19.0 Å². The molecule has 0 bridgehead atoms. The van der Waals surface area contributed by atoms with Gasteiger partial charge in [0.2, 0.25) is 0 Å². The SMILES string of the molecule is C[C@@]1(c2ccc(F)cc2)NC(=O)N(Cc2ccc(Cl)cc2)C1=O. The Kier molecular flexibility index (Phi) is 3.82. The number of carbonyl (C=O) groups is 2. The lowest BCUT2D eigenvalue weighted by Crippen LogP contribution is -2.40. The van der Waals surface area contributed by atoms with Crippen molar-refractivity contribution in [3.05, 3.63) is 70.5 Å². The van der Waals surface area contributed by atoms with E-state index in [1.807, 2.05) is 0 Å². The Morgan fingerprint density at radius 1 is 1.09 bits per heavy atom. The normalized spacial score (nSPS) is 20.7. The van der Waals surface area contributed by atoms with Gasteiger partial charge in [-0.05, 0) is 42.3 Å². The predicted molar refractivity (Wildman–Crippen MR) is 84.3 cm³/mol. The Hall–Kier alpha value is -2.40. The highest BCUT2D eigenvalue weighted by atomic mass is 35.5. The van der Waals surface area contributed by atoms with Crippen molar-refractivity contribution in [1.82, 2.24) is 10.2 Å². The largest absolute Gasteiger partial charge is 0.325 e. The van der Waals surface area contributed by atoms with Gasteiger partial charge in [-0.3, -0.25) is 9.69 Å². The number of halogens is 2. The van der Waals surface area contributed by atoms with E-state index < -0.39 is 17.4 Å². The number of carbonyl (C=O) groups excluding carboxylic acids is 2. The molecule has 2 aromatic rings. The molecule has 0 saturated carbocycles. The molecule has 1 aliphatic heterocycles. The minimum absolute atomic E-state index is 0.151. The van der Waals surface area contributed by atoms with Crippen molar-refractivity contribution in [3.8, 4) is 0 Å². The molecule has 1 N–H and O–H groups in total. The van der Waals surface area contributed by atoms with E-state index in [9.17, 15) is 14.0 Å². The van der Waals surface area contributed by atoms with Crippen molar-refractivity contribution in [2.24, 2.45) is 0 Å². The quantitative estimate of drug-likeness (QED) is 0.875. The van der Waals surface area contributed by atoms with Gasteiger partial charge in [0.15, 0.2) is 0 Å². The number of hydrogen-bond acceptors (Lipinski definition) is 2. The van der Waals surface area contributed by atoms with Gasteiger partial charge in [0.25, 0.3) is 5.91 Å². The summed E-state index contributed by atoms with van der Waals surface area (Å²) in [5, 5.41) is 3.27. The van der Waals surface area contributed by atoms with E-state index in [1.165, 1.54) is 24.3 Å². The van der Waals surface area contributed by atoms with E-state index in [0.29, 0.717) is 10.6 Å². The molecule has 1 aliphatic rings. The summed E-state index contributed by atoms with van der Waals surface area (Å²) in [7, 11) is 0. The standard InChI is InChI=1S/C17H14ClFN2O2/c1-17(12-4-8-14(19)9-5-12)15(22)21(16(23)20-17)10-11-2-6-13(18)7-3-11/h2-9H,10H2,1H3,(H,20,23)/t17-/m0/s1. The molecule has 3 amide bonds. The number of urea groups is 1. The average molecular weight is 333 g/mol. The fourth-order valence-electron chi connectivity index (χ4n) is 2.59. The average Bonchev–Trinajstić information content (AvgIpc) is 2.74. The first-order chi connectivity index (χ1) is 10.9. The van der Waals surface area contributed by atoms with Crippen molar-refractivity contribution in [1.29, 1.82) is 0 Å². The maximum Gasteiger partial charge on any atom is 0.325 e. The molecule has 2 aromatic carbocycles. The van der Waals surface area contributed by atoms with E-state index in [-0.39, 0.29) is 12.5 Å². The molecule has 0 radical (unpaired) electrons. The summed E-state index contributed by atoms with van der Waals surface area (Å²) >= 11 is 5.83. The third kappa shape index (κ3) is 2.80. The number of benzene rings is 2. The molecule has 1 atom stereocenters. The molecule has 1 saturated heterocycles. The summed E-state index contributed by atoms with van der Waals surface area (Å²) in [5.74, 6) is -0.767. The van der Waals surface area contributed by atoms with Gasteiger partial charge in [0, 0.05) is 5.02 Å². The van der Waals surface area contributed by atoms with Crippen LogP contribution in [-0.4, -0.2) is 16.8 Å². The lowest BCUT2D eigenvalue weighted by molar-refractivity contribution is -0.131. The van der Waals surface area contributed by atoms with Gasteiger partial charge < -0.3 is 5.32 Å². The molecule has 4 nitrogen and oxygen atoms in total. The molecule has 6 heteroatoms. The van der Waals surface area contributed by atoms with Crippen LogP contribution in [0.15, 0.2) is 48.5 Å². The Morgan fingerprint density at radius 3 is 2.30 bits per heavy atom. The van der Waals surface area contributed by atoms with Crippen LogP contribution >= 0.6 is 11.6 Å². The Labute approximate surface area is 137 Å². The minimum Gasteiger partial charge on any atom is -0.319 e. The topological polar surface area (TPSA) is 49.4 Å². The Morgan fingerprint density at radius 2 is 1.70 bits per heavy atom. The Balaban J connectivity index is 1.87. The van der Waals surface area contributed by atoms with Gasteiger partial charge in [-0.1, -0.05) is 35.9 Å². The van der Waals surface area contributed by atoms with Crippen LogP contribution in [0.5, 0.6) is 0 Å². The van der Waals surface area contributed by atoms with Crippen molar-refractivity contribution in [2.75, 3.05) is 0 Å². The van der Waals surface area contributed by atoms with Gasteiger partial charge in [-0.2, -0.15) is 0 Å². The van der Waals surface area contributed by atoms with Crippen molar-refractivity contribution >= 4 is 23.5 Å². The molecule has 0 unspecified atom stereocenters. The van der Waals surface area contributed by atoms with E-state index in [4.69, 9.17) is 11.6 Å². The molecular weight excluding hydrogens is 319 g/mol. The third-order valence-corrected chi connectivity index (χ3v) is 4.20. The minimum atomic E-state index is -1.20. The first-order valence-electron chi connectivity index (χ1n) is 7.05. The molecule has 23 heavy (non-hydrogen) atoms. The second-order valence-corrected chi connectivity index (χ2v) is 6.02. The van der Waals surface area contributed by atoms with Crippen molar-refractivity contribution < 1.29 is 14.0 Å². The lowest BCUT2D eigenvalue weighted by atomic mass is 9.92. The number of rotatable bonds is 3. The maximum absolute atomic E-state index is 13.1. The second-order valence-electron chi connectivity index (χ2n) is 5.58. The fraction of sp³-hybridized carbons (Fsp3) is 0.176. The van der Waals surface area contributed by atoms with E-state index in [1.54, 1.807) is 31.2 Å². The smallest absolute Gasteiger partial charge is 0.319 e. The lowest BCUT2D eigenvalue weighted by Gasteiger charge is -2.22. The van der Waals surface area contributed by atoms with Crippen LogP contribution in [0.4, 0.5) is 9.18 Å². The van der Waals surface area contributed by atoms with Gasteiger partial charge in [-0.25, -0.2) is 9.18 Å². The highest BCUT2D eigenvalue weighted by Gasteiger charge is 2.48. The zero-order valence-corrected chi connectivity index (χ0v) is 13.1. The van der Waals surface area contributed by atoms with Crippen LogP contribution in [-0.2, 0) is 16.9 Å². The van der Waals surface area contributed by atoms with E-state index >= 15 is 0 Å². The van der Waals surface area contributed by atoms with Crippen LogP contribution in [0.1, 0.15) is 18.1 Å². The second kappa shape index (κ2) is 5.66. The molecule has 0 aromatic heterocycles. The summed E-state index contributed by atoms with van der Waals surface area (Å²) in [6, 6.07) is 12.0. The van der Waals surface area contributed by atoms with Crippen LogP contribution in [0.2, 0.25) is 5.02 Å².